The summed E-state index contributed by atoms with van der Waals surface area (Å²) in [6.07, 6.45) is 0.0922. The molecule has 0 spiro atoms. The van der Waals surface area contributed by atoms with Crippen molar-refractivity contribution < 1.29 is 28.8 Å². The molecule has 3 aromatic carbocycles. The molecule has 0 unspecified atom stereocenters. The van der Waals surface area contributed by atoms with Crippen molar-refractivity contribution in [2.75, 3.05) is 6.61 Å². The van der Waals surface area contributed by atoms with E-state index in [9.17, 15) is 29.3 Å². The van der Waals surface area contributed by atoms with Crippen LogP contribution in [0.15, 0.2) is 66.7 Å². The second-order valence-electron chi connectivity index (χ2n) is 7.81. The van der Waals surface area contributed by atoms with Gasteiger partial charge in [0.15, 0.2) is 5.78 Å². The Balaban J connectivity index is 1.74. The number of rotatable bonds is 7. The minimum absolute atomic E-state index is 0.0270. The molecule has 0 radical (unpaired) electrons. The van der Waals surface area contributed by atoms with Gasteiger partial charge in [0, 0.05) is 23.1 Å². The van der Waals surface area contributed by atoms with Crippen LogP contribution < -0.4 is 5.32 Å². The SMILES string of the molecule is CCOC(=O)[C@@H](Cc1ccccc1)NC(=O)c1ccc2c(c1[N+](=O)[O-])C(=O)c1ccccc1C2=O. The normalized spacial score (nSPS) is 12.8. The maximum absolute atomic E-state index is 13.2. The van der Waals surface area contributed by atoms with Gasteiger partial charge in [-0.1, -0.05) is 54.6 Å². The van der Waals surface area contributed by atoms with E-state index in [0.717, 1.165) is 11.6 Å². The minimum Gasteiger partial charge on any atom is -0.464 e. The molecule has 1 aliphatic rings. The van der Waals surface area contributed by atoms with E-state index in [2.05, 4.69) is 5.32 Å². The number of nitrogens with zero attached hydrogens (tertiary/aromatic N) is 1. The lowest BCUT2D eigenvalue weighted by Crippen LogP contribution is -2.43. The van der Waals surface area contributed by atoms with Crippen LogP contribution in [0.5, 0.6) is 0 Å². The Morgan fingerprint density at radius 2 is 1.54 bits per heavy atom. The summed E-state index contributed by atoms with van der Waals surface area (Å²) in [6.45, 7) is 1.70. The van der Waals surface area contributed by atoms with Gasteiger partial charge in [0.25, 0.3) is 11.6 Å². The van der Waals surface area contributed by atoms with Crippen LogP contribution >= 0.6 is 0 Å². The quantitative estimate of drug-likeness (QED) is 0.248. The smallest absolute Gasteiger partial charge is 0.328 e. The Kier molecular flexibility index (Phi) is 6.50. The number of benzene rings is 3. The molecule has 1 atom stereocenters. The lowest BCUT2D eigenvalue weighted by atomic mass is 9.82. The number of nitro groups is 1. The summed E-state index contributed by atoms with van der Waals surface area (Å²) in [4.78, 5) is 63.0. The molecular weight excluding hydrogens is 452 g/mol. The standard InChI is InChI=1S/C26H20N2O7/c1-2-35-26(32)20(14-15-8-4-3-5-9-15)27-25(31)19-13-12-18-21(22(19)28(33)34)24(30)17-11-7-6-10-16(17)23(18)29/h3-13,20H,2,14H2,1H3,(H,27,31)/t20-/m1/s1. The highest BCUT2D eigenvalue weighted by atomic mass is 16.6. The third kappa shape index (κ3) is 4.43. The second-order valence-corrected chi connectivity index (χ2v) is 7.81. The highest BCUT2D eigenvalue weighted by Gasteiger charge is 2.39. The van der Waals surface area contributed by atoms with E-state index in [-0.39, 0.29) is 29.7 Å². The van der Waals surface area contributed by atoms with Crippen molar-refractivity contribution in [1.82, 2.24) is 5.32 Å². The van der Waals surface area contributed by atoms with Gasteiger partial charge in [0.1, 0.15) is 17.2 Å². The molecule has 4 rings (SSSR count). The summed E-state index contributed by atoms with van der Waals surface area (Å²) in [5.74, 6) is -2.90. The Bertz CT molecular complexity index is 1370. The van der Waals surface area contributed by atoms with Gasteiger partial charge in [-0.05, 0) is 24.6 Å². The van der Waals surface area contributed by atoms with Crippen LogP contribution in [-0.2, 0) is 16.0 Å². The molecule has 9 nitrogen and oxygen atoms in total. The third-order valence-corrected chi connectivity index (χ3v) is 5.65. The number of amides is 1. The average Bonchev–Trinajstić information content (AvgIpc) is 2.86. The van der Waals surface area contributed by atoms with Gasteiger partial charge in [0.2, 0.25) is 5.78 Å². The van der Waals surface area contributed by atoms with Crippen molar-refractivity contribution in [3.63, 3.8) is 0 Å². The molecule has 9 heteroatoms. The monoisotopic (exact) mass is 472 g/mol. The number of hydrogen-bond donors (Lipinski definition) is 1. The van der Waals surface area contributed by atoms with E-state index in [1.807, 2.05) is 0 Å². The summed E-state index contributed by atoms with van der Waals surface area (Å²) in [7, 11) is 0. The van der Waals surface area contributed by atoms with Crippen molar-refractivity contribution in [3.8, 4) is 0 Å². The fourth-order valence-electron chi connectivity index (χ4n) is 4.06. The van der Waals surface area contributed by atoms with Crippen molar-refractivity contribution in [1.29, 1.82) is 0 Å². The molecule has 0 fully saturated rings. The number of ether oxygens (including phenoxy) is 1. The molecule has 0 saturated carbocycles. The van der Waals surface area contributed by atoms with Crippen LogP contribution in [0.2, 0.25) is 0 Å². The van der Waals surface area contributed by atoms with E-state index in [0.29, 0.717) is 0 Å². The first-order valence-electron chi connectivity index (χ1n) is 10.8. The van der Waals surface area contributed by atoms with Crippen LogP contribution in [0.25, 0.3) is 0 Å². The molecule has 3 aromatic rings. The molecule has 1 aliphatic carbocycles. The topological polar surface area (TPSA) is 133 Å². The van der Waals surface area contributed by atoms with Gasteiger partial charge in [-0.3, -0.25) is 24.5 Å². The summed E-state index contributed by atoms with van der Waals surface area (Å²) >= 11 is 0. The summed E-state index contributed by atoms with van der Waals surface area (Å²) in [5, 5.41) is 14.5. The number of carbonyl (C=O) groups excluding carboxylic acids is 4. The minimum atomic E-state index is -1.13. The van der Waals surface area contributed by atoms with Crippen LogP contribution in [0.1, 0.15) is 54.7 Å². The van der Waals surface area contributed by atoms with Gasteiger partial charge < -0.3 is 10.1 Å². The highest BCUT2D eigenvalue weighted by Crippen LogP contribution is 2.35. The van der Waals surface area contributed by atoms with Crippen molar-refractivity contribution >= 4 is 29.1 Å². The molecule has 0 bridgehead atoms. The van der Waals surface area contributed by atoms with Gasteiger partial charge in [-0.25, -0.2) is 4.79 Å². The molecular formula is C26H20N2O7. The van der Waals surface area contributed by atoms with E-state index in [1.165, 1.54) is 18.2 Å². The summed E-state index contributed by atoms with van der Waals surface area (Å²) < 4.78 is 5.07. The Morgan fingerprint density at radius 1 is 0.914 bits per heavy atom. The first kappa shape index (κ1) is 23.5. The Labute approximate surface area is 199 Å². The predicted octanol–water partition coefficient (Wildman–Crippen LogP) is 3.27. The zero-order valence-electron chi connectivity index (χ0n) is 18.6. The first-order chi connectivity index (χ1) is 16.8. The maximum Gasteiger partial charge on any atom is 0.328 e. The molecule has 0 heterocycles. The van der Waals surface area contributed by atoms with Crippen LogP contribution in [0, 0.1) is 10.1 Å². The number of ketones is 2. The van der Waals surface area contributed by atoms with Gasteiger partial charge >= 0.3 is 5.97 Å². The number of esters is 1. The fourth-order valence-corrected chi connectivity index (χ4v) is 4.06. The fraction of sp³-hybridized carbons (Fsp3) is 0.154. The molecule has 176 valence electrons. The molecule has 1 amide bonds. The third-order valence-electron chi connectivity index (χ3n) is 5.65. The number of fused-ring (bicyclic) bond motifs is 2. The highest BCUT2D eigenvalue weighted by molar-refractivity contribution is 6.30. The predicted molar refractivity (Wildman–Crippen MR) is 124 cm³/mol. The van der Waals surface area contributed by atoms with Crippen molar-refractivity contribution in [2.45, 2.75) is 19.4 Å². The Morgan fingerprint density at radius 3 is 2.17 bits per heavy atom. The van der Waals surface area contributed by atoms with Crippen LogP contribution in [-0.4, -0.2) is 41.0 Å². The van der Waals surface area contributed by atoms with Crippen LogP contribution in [0.4, 0.5) is 5.69 Å². The van der Waals surface area contributed by atoms with Crippen LogP contribution in [0.3, 0.4) is 0 Å². The number of hydrogen-bond acceptors (Lipinski definition) is 7. The first-order valence-corrected chi connectivity index (χ1v) is 10.8. The molecule has 0 aliphatic heterocycles. The lowest BCUT2D eigenvalue weighted by Gasteiger charge is -2.20. The molecule has 0 saturated heterocycles. The lowest BCUT2D eigenvalue weighted by molar-refractivity contribution is -0.385. The van der Waals surface area contributed by atoms with Gasteiger partial charge in [-0.2, -0.15) is 0 Å². The second kappa shape index (κ2) is 9.68. The summed E-state index contributed by atoms with van der Waals surface area (Å²) in [5.41, 5.74) is -0.902. The van der Waals surface area contributed by atoms with Crippen molar-refractivity contribution in [3.05, 3.63) is 110 Å². The van der Waals surface area contributed by atoms with E-state index in [4.69, 9.17) is 4.74 Å². The molecule has 35 heavy (non-hydrogen) atoms. The van der Waals surface area contributed by atoms with Gasteiger partial charge in [-0.15, -0.1) is 0 Å². The van der Waals surface area contributed by atoms with E-state index < -0.39 is 51.2 Å². The average molecular weight is 472 g/mol. The number of nitrogens with one attached hydrogen (secondary N) is 1. The summed E-state index contributed by atoms with van der Waals surface area (Å²) in [6, 6.07) is 16.1. The van der Waals surface area contributed by atoms with Crippen molar-refractivity contribution in [2.24, 2.45) is 0 Å². The zero-order chi connectivity index (χ0) is 25.1. The zero-order valence-corrected chi connectivity index (χ0v) is 18.6. The Hall–Kier alpha value is -4.66. The maximum atomic E-state index is 13.2. The van der Waals surface area contributed by atoms with E-state index >= 15 is 0 Å². The molecule has 1 N–H and O–H groups in total. The van der Waals surface area contributed by atoms with E-state index in [1.54, 1.807) is 49.4 Å². The number of carbonyl (C=O) groups is 4. The number of nitro benzene ring substituents is 1. The largest absolute Gasteiger partial charge is 0.464 e. The molecule has 0 aromatic heterocycles. The van der Waals surface area contributed by atoms with Gasteiger partial charge in [0.05, 0.1) is 11.5 Å².